The van der Waals surface area contributed by atoms with Crippen molar-refractivity contribution in [1.29, 1.82) is 0 Å². The molecule has 5 aliphatic carbocycles. The second kappa shape index (κ2) is 7.12. The summed E-state index contributed by atoms with van der Waals surface area (Å²) in [7, 11) is 0. The Morgan fingerprint density at radius 3 is 2.18 bits per heavy atom. The van der Waals surface area contributed by atoms with E-state index in [2.05, 4.69) is 54.5 Å². The van der Waals surface area contributed by atoms with E-state index in [1.165, 1.54) is 5.57 Å². The molecular formula is C30H48O4. The van der Waals surface area contributed by atoms with Crippen LogP contribution >= 0.6 is 0 Å². The van der Waals surface area contributed by atoms with Crippen LogP contribution in [0.3, 0.4) is 0 Å². The van der Waals surface area contributed by atoms with Gasteiger partial charge in [-0.2, -0.15) is 0 Å². The molecule has 0 saturated heterocycles. The van der Waals surface area contributed by atoms with E-state index < -0.39 is 23.6 Å². The molecule has 0 aromatic carbocycles. The first kappa shape index (κ1) is 24.8. The van der Waals surface area contributed by atoms with Crippen LogP contribution in [0.2, 0.25) is 0 Å². The number of hydrogen-bond acceptors (Lipinski definition) is 3. The third-order valence-corrected chi connectivity index (χ3v) is 13.0. The molecule has 9 atom stereocenters. The van der Waals surface area contributed by atoms with Crippen molar-refractivity contribution < 1.29 is 20.1 Å². The molecule has 0 aliphatic heterocycles. The molecule has 192 valence electrons. The van der Waals surface area contributed by atoms with E-state index >= 15 is 0 Å². The van der Waals surface area contributed by atoms with Crippen LogP contribution in [0.5, 0.6) is 0 Å². The van der Waals surface area contributed by atoms with Gasteiger partial charge in [0.05, 0.1) is 17.6 Å². The van der Waals surface area contributed by atoms with E-state index in [1.807, 2.05) is 0 Å². The van der Waals surface area contributed by atoms with Crippen molar-refractivity contribution >= 4 is 5.97 Å². The molecule has 34 heavy (non-hydrogen) atoms. The molecule has 4 fully saturated rings. The highest BCUT2D eigenvalue weighted by molar-refractivity contribution is 5.76. The Morgan fingerprint density at radius 2 is 1.53 bits per heavy atom. The number of rotatable bonds is 1. The molecule has 0 spiro atoms. The van der Waals surface area contributed by atoms with E-state index in [1.54, 1.807) is 0 Å². The highest BCUT2D eigenvalue weighted by Crippen LogP contribution is 2.75. The number of carboxylic acids is 1. The monoisotopic (exact) mass is 472 g/mol. The molecule has 0 aromatic rings. The molecule has 0 amide bonds. The van der Waals surface area contributed by atoms with Gasteiger partial charge < -0.3 is 15.3 Å². The van der Waals surface area contributed by atoms with Crippen LogP contribution in [0.25, 0.3) is 0 Å². The third-order valence-electron chi connectivity index (χ3n) is 13.0. The van der Waals surface area contributed by atoms with Crippen LogP contribution in [0, 0.1) is 50.2 Å². The minimum Gasteiger partial charge on any atom is -0.481 e. The zero-order chi connectivity index (χ0) is 25.1. The number of fused-ring (bicyclic) bond motifs is 7. The number of aliphatic carboxylic acids is 1. The van der Waals surface area contributed by atoms with Crippen LogP contribution < -0.4 is 0 Å². The minimum atomic E-state index is -0.679. The van der Waals surface area contributed by atoms with Crippen molar-refractivity contribution in [2.75, 3.05) is 0 Å². The highest BCUT2D eigenvalue weighted by Gasteiger charge is 2.70. The number of aliphatic hydroxyl groups is 2. The molecule has 5 rings (SSSR count). The first-order chi connectivity index (χ1) is 15.6. The predicted octanol–water partition coefficient (Wildman–Crippen LogP) is 6.20. The van der Waals surface area contributed by atoms with Crippen LogP contribution in [0.4, 0.5) is 0 Å². The quantitative estimate of drug-likeness (QED) is 0.397. The van der Waals surface area contributed by atoms with Gasteiger partial charge in [-0.1, -0.05) is 60.1 Å². The highest BCUT2D eigenvalue weighted by atomic mass is 16.4. The van der Waals surface area contributed by atoms with Gasteiger partial charge >= 0.3 is 5.97 Å². The minimum absolute atomic E-state index is 0.00785. The molecule has 3 N–H and O–H groups in total. The molecule has 4 nitrogen and oxygen atoms in total. The SMILES string of the molecule is CC1(C)CCC2(C(=O)O)CCC3(C)C(=CCC4[C@@]5(C)CC(O)[C@H](O)C(C)(C)C5CC[C@]43C)[C@@H]2C1. The number of aliphatic hydroxyl groups excluding tert-OH is 2. The largest absolute Gasteiger partial charge is 0.481 e. The van der Waals surface area contributed by atoms with Crippen molar-refractivity contribution in [3.05, 3.63) is 11.6 Å². The molecule has 5 aliphatic rings. The molecule has 0 radical (unpaired) electrons. The Balaban J connectivity index is 1.61. The summed E-state index contributed by atoms with van der Waals surface area (Å²) in [6.45, 7) is 16.3. The topological polar surface area (TPSA) is 77.8 Å². The lowest BCUT2D eigenvalue weighted by Gasteiger charge is -2.71. The van der Waals surface area contributed by atoms with Crippen molar-refractivity contribution in [2.45, 2.75) is 118 Å². The van der Waals surface area contributed by atoms with Gasteiger partial charge in [-0.05, 0) is 103 Å². The molecule has 4 heteroatoms. The number of hydrogen-bond donors (Lipinski definition) is 3. The average molecular weight is 473 g/mol. The zero-order valence-corrected chi connectivity index (χ0v) is 22.6. The van der Waals surface area contributed by atoms with Crippen LogP contribution in [0.15, 0.2) is 11.6 Å². The Morgan fingerprint density at radius 1 is 0.882 bits per heavy atom. The van der Waals surface area contributed by atoms with Gasteiger partial charge in [0.2, 0.25) is 0 Å². The Labute approximate surface area is 206 Å². The van der Waals surface area contributed by atoms with E-state index in [0.29, 0.717) is 18.3 Å². The molecule has 0 aromatic heterocycles. The third kappa shape index (κ3) is 2.88. The van der Waals surface area contributed by atoms with E-state index in [0.717, 1.165) is 51.4 Å². The number of allylic oxidation sites excluding steroid dienone is 2. The lowest BCUT2D eigenvalue weighted by Crippen LogP contribution is -2.67. The number of carbonyl (C=O) groups is 1. The summed E-state index contributed by atoms with van der Waals surface area (Å²) in [4.78, 5) is 12.8. The zero-order valence-electron chi connectivity index (χ0n) is 22.6. The molecular weight excluding hydrogens is 424 g/mol. The van der Waals surface area contributed by atoms with E-state index in [4.69, 9.17) is 0 Å². The maximum absolute atomic E-state index is 12.8. The second-order valence-corrected chi connectivity index (χ2v) is 15.2. The van der Waals surface area contributed by atoms with Gasteiger partial charge in [-0.25, -0.2) is 0 Å². The van der Waals surface area contributed by atoms with Gasteiger partial charge in [-0.3, -0.25) is 4.79 Å². The van der Waals surface area contributed by atoms with Gasteiger partial charge in [0.25, 0.3) is 0 Å². The summed E-state index contributed by atoms with van der Waals surface area (Å²) in [6, 6.07) is 0. The standard InChI is InChI=1S/C30H48O4/c1-25(2)12-14-30(24(33)34)15-13-28(6)18(19(30)16-25)8-9-22-27(5)17-20(31)23(32)26(3,4)21(27)10-11-29(22,28)7/h8,19-23,31-32H,9-17H2,1-7H3,(H,33,34)/t19-,20?,21?,22?,23-,27-,28?,29+,30?/m0/s1. The second-order valence-electron chi connectivity index (χ2n) is 15.2. The van der Waals surface area contributed by atoms with Crippen molar-refractivity contribution in [3.63, 3.8) is 0 Å². The summed E-state index contributed by atoms with van der Waals surface area (Å²) in [5.41, 5.74) is 0.754. The van der Waals surface area contributed by atoms with Gasteiger partial charge in [0, 0.05) is 0 Å². The summed E-state index contributed by atoms with van der Waals surface area (Å²) < 4.78 is 0. The predicted molar refractivity (Wildman–Crippen MR) is 134 cm³/mol. The maximum atomic E-state index is 12.8. The van der Waals surface area contributed by atoms with Crippen molar-refractivity contribution in [3.8, 4) is 0 Å². The normalized spacial score (nSPS) is 53.4. The lowest BCUT2D eigenvalue weighted by molar-refractivity contribution is -0.231. The van der Waals surface area contributed by atoms with Gasteiger partial charge in [0.15, 0.2) is 0 Å². The Bertz CT molecular complexity index is 919. The van der Waals surface area contributed by atoms with E-state index in [9.17, 15) is 20.1 Å². The fourth-order valence-corrected chi connectivity index (χ4v) is 10.8. The first-order valence-corrected chi connectivity index (χ1v) is 13.9. The molecule has 0 heterocycles. The lowest BCUT2D eigenvalue weighted by atomic mass is 9.33. The van der Waals surface area contributed by atoms with Crippen LogP contribution in [-0.2, 0) is 4.79 Å². The molecule has 4 saturated carbocycles. The maximum Gasteiger partial charge on any atom is 0.310 e. The summed E-state index contributed by atoms with van der Waals surface area (Å²) in [5, 5.41) is 32.4. The molecule has 0 bridgehead atoms. The Hall–Kier alpha value is -0.870. The summed E-state index contributed by atoms with van der Waals surface area (Å²) in [5.74, 6) is 0.365. The van der Waals surface area contributed by atoms with Gasteiger partial charge in [-0.15, -0.1) is 0 Å². The fraction of sp³-hybridized carbons (Fsp3) is 0.900. The first-order valence-electron chi connectivity index (χ1n) is 13.9. The Kier molecular flexibility index (Phi) is 5.20. The van der Waals surface area contributed by atoms with Crippen LogP contribution in [-0.4, -0.2) is 33.5 Å². The average Bonchev–Trinajstić information content (AvgIpc) is 2.72. The smallest absolute Gasteiger partial charge is 0.310 e. The van der Waals surface area contributed by atoms with Crippen molar-refractivity contribution in [2.24, 2.45) is 50.2 Å². The number of carboxylic acid groups (broad SMARTS) is 1. The molecule has 5 unspecified atom stereocenters. The summed E-state index contributed by atoms with van der Waals surface area (Å²) >= 11 is 0. The van der Waals surface area contributed by atoms with E-state index in [-0.39, 0.29) is 33.0 Å². The fourth-order valence-electron chi connectivity index (χ4n) is 10.8. The van der Waals surface area contributed by atoms with Crippen molar-refractivity contribution in [1.82, 2.24) is 0 Å². The van der Waals surface area contributed by atoms with Gasteiger partial charge in [0.1, 0.15) is 0 Å². The summed E-state index contributed by atoms with van der Waals surface area (Å²) in [6.07, 6.45) is 9.45. The van der Waals surface area contributed by atoms with Crippen LogP contribution in [0.1, 0.15) is 106 Å².